The first-order valence-electron chi connectivity index (χ1n) is 13.5. The Morgan fingerprint density at radius 3 is 2.43 bits per heavy atom. The summed E-state index contributed by atoms with van der Waals surface area (Å²) in [6.07, 6.45) is 7.20. The first-order valence-corrected chi connectivity index (χ1v) is 13.5. The third-order valence-electron chi connectivity index (χ3n) is 8.20. The Morgan fingerprint density at radius 2 is 1.73 bits per heavy atom. The molecule has 1 aliphatic heterocycles. The van der Waals surface area contributed by atoms with Gasteiger partial charge < -0.3 is 19.9 Å². The van der Waals surface area contributed by atoms with Gasteiger partial charge in [0.15, 0.2) is 5.78 Å². The fourth-order valence-corrected chi connectivity index (χ4v) is 5.85. The Balaban J connectivity index is 1.02. The molecule has 1 amide bonds. The summed E-state index contributed by atoms with van der Waals surface area (Å²) in [7, 11) is 1.64. The average Bonchev–Trinajstić information content (AvgIpc) is 3.37. The van der Waals surface area contributed by atoms with Gasteiger partial charge in [0.2, 0.25) is 0 Å². The lowest BCUT2D eigenvalue weighted by atomic mass is 9.83. The van der Waals surface area contributed by atoms with E-state index in [0.29, 0.717) is 17.2 Å². The molecule has 1 saturated carbocycles. The van der Waals surface area contributed by atoms with E-state index in [4.69, 9.17) is 4.74 Å². The highest BCUT2D eigenvalue weighted by atomic mass is 19.1. The number of hydrogen-bond donors (Lipinski definition) is 2. The van der Waals surface area contributed by atoms with Gasteiger partial charge in [0.25, 0.3) is 5.91 Å². The minimum Gasteiger partial charge on any atom is -0.497 e. The number of benzene rings is 2. The number of piperidine rings is 1. The number of likely N-dealkylation sites (tertiary alicyclic amines) is 1. The summed E-state index contributed by atoms with van der Waals surface area (Å²) in [5.74, 6) is 1.30. The lowest BCUT2D eigenvalue weighted by molar-refractivity contribution is 0.0832. The molecule has 2 aliphatic rings. The van der Waals surface area contributed by atoms with Crippen molar-refractivity contribution in [1.82, 2.24) is 15.2 Å². The smallest absolute Gasteiger partial charge is 0.267 e. The van der Waals surface area contributed by atoms with E-state index in [1.54, 1.807) is 19.2 Å². The molecule has 0 atom stereocenters. The highest BCUT2D eigenvalue weighted by Crippen LogP contribution is 2.29. The van der Waals surface area contributed by atoms with Gasteiger partial charge in [-0.25, -0.2) is 4.39 Å². The monoisotopic (exact) mass is 505 g/mol. The number of carbonyl (C=O) groups excluding carboxylic acids is 2. The molecule has 2 heterocycles. The second-order valence-corrected chi connectivity index (χ2v) is 10.6. The standard InChI is InChI=1S/C30H36FN3O3/c1-37-26-10-11-27-23(18-26)19-28(33-27)30(36)32-25-8-2-20(3-9-25)12-15-34-16-13-22(14-17-34)29(35)21-4-6-24(31)7-5-21/h4-7,10-11,18-20,22,25,33H,2-3,8-9,12-17H2,1H3,(H,32,36)/t20-,25-. The van der Waals surface area contributed by atoms with Gasteiger partial charge in [0, 0.05) is 28.4 Å². The van der Waals surface area contributed by atoms with Crippen LogP contribution < -0.4 is 10.1 Å². The fraction of sp³-hybridized carbons (Fsp3) is 0.467. The van der Waals surface area contributed by atoms with Crippen molar-refractivity contribution in [2.75, 3.05) is 26.7 Å². The molecule has 2 aromatic carbocycles. The molecule has 5 rings (SSSR count). The van der Waals surface area contributed by atoms with Crippen LogP contribution in [0.5, 0.6) is 5.75 Å². The Kier molecular flexibility index (Phi) is 7.89. The number of ether oxygens (including phenoxy) is 1. The predicted octanol–water partition coefficient (Wildman–Crippen LogP) is 5.59. The number of rotatable bonds is 8. The van der Waals surface area contributed by atoms with Crippen LogP contribution in [0.2, 0.25) is 0 Å². The van der Waals surface area contributed by atoms with E-state index >= 15 is 0 Å². The maximum absolute atomic E-state index is 13.1. The van der Waals surface area contributed by atoms with Gasteiger partial charge in [0.1, 0.15) is 17.3 Å². The molecule has 0 radical (unpaired) electrons. The van der Waals surface area contributed by atoms with Crippen LogP contribution in [0.3, 0.4) is 0 Å². The number of Topliss-reactive ketones (excluding diaryl/α,β-unsaturated/α-hetero) is 1. The van der Waals surface area contributed by atoms with E-state index in [9.17, 15) is 14.0 Å². The van der Waals surface area contributed by atoms with Crippen molar-refractivity contribution < 1.29 is 18.7 Å². The van der Waals surface area contributed by atoms with Gasteiger partial charge in [-0.15, -0.1) is 0 Å². The zero-order chi connectivity index (χ0) is 25.8. The SMILES string of the molecule is COc1ccc2[nH]c(C(=O)N[C@H]3CC[C@H](CCN4CCC(C(=O)c5ccc(F)cc5)CC4)CC3)cc2c1. The van der Waals surface area contributed by atoms with Gasteiger partial charge in [-0.2, -0.15) is 0 Å². The van der Waals surface area contributed by atoms with Crippen molar-refractivity contribution in [1.29, 1.82) is 0 Å². The second-order valence-electron chi connectivity index (χ2n) is 10.6. The van der Waals surface area contributed by atoms with Crippen molar-refractivity contribution >= 4 is 22.6 Å². The van der Waals surface area contributed by atoms with Crippen LogP contribution in [0.1, 0.15) is 65.8 Å². The maximum atomic E-state index is 13.1. The molecule has 3 aromatic rings. The van der Waals surface area contributed by atoms with Crippen molar-refractivity contribution in [3.05, 3.63) is 65.6 Å². The molecule has 0 unspecified atom stereocenters. The van der Waals surface area contributed by atoms with E-state index in [0.717, 1.165) is 74.8 Å². The van der Waals surface area contributed by atoms with Crippen LogP contribution in [-0.4, -0.2) is 54.4 Å². The summed E-state index contributed by atoms with van der Waals surface area (Å²) in [4.78, 5) is 31.2. The summed E-state index contributed by atoms with van der Waals surface area (Å²) in [6.45, 7) is 2.95. The number of carbonyl (C=O) groups is 2. The Hall–Kier alpha value is -3.19. The third kappa shape index (κ3) is 6.21. The summed E-state index contributed by atoms with van der Waals surface area (Å²) in [5, 5.41) is 4.19. The van der Waals surface area contributed by atoms with Crippen molar-refractivity contribution in [3.8, 4) is 5.75 Å². The fourth-order valence-electron chi connectivity index (χ4n) is 5.85. The number of nitrogens with one attached hydrogen (secondary N) is 2. The molecule has 2 fully saturated rings. The molecule has 7 heteroatoms. The first kappa shape index (κ1) is 25.5. The molecule has 6 nitrogen and oxygen atoms in total. The Labute approximate surface area is 217 Å². The number of halogens is 1. The van der Waals surface area contributed by atoms with Crippen LogP contribution in [0, 0.1) is 17.7 Å². The largest absolute Gasteiger partial charge is 0.497 e. The van der Waals surface area contributed by atoms with E-state index in [-0.39, 0.29) is 29.5 Å². The van der Waals surface area contributed by atoms with Gasteiger partial charge in [-0.3, -0.25) is 9.59 Å². The van der Waals surface area contributed by atoms with Crippen LogP contribution in [0.4, 0.5) is 4.39 Å². The quantitative estimate of drug-likeness (QED) is 0.392. The molecule has 1 aromatic heterocycles. The molecular weight excluding hydrogens is 469 g/mol. The summed E-state index contributed by atoms with van der Waals surface area (Å²) < 4.78 is 18.4. The minimum absolute atomic E-state index is 0.0417. The number of amides is 1. The molecule has 0 bridgehead atoms. The van der Waals surface area contributed by atoms with Crippen LogP contribution >= 0.6 is 0 Å². The van der Waals surface area contributed by atoms with E-state index in [2.05, 4.69) is 15.2 Å². The van der Waals surface area contributed by atoms with Crippen molar-refractivity contribution in [2.24, 2.45) is 11.8 Å². The molecule has 196 valence electrons. The van der Waals surface area contributed by atoms with Crippen molar-refractivity contribution in [2.45, 2.75) is 51.0 Å². The number of aromatic amines is 1. The molecule has 37 heavy (non-hydrogen) atoms. The second kappa shape index (κ2) is 11.5. The van der Waals surface area contributed by atoms with Crippen LogP contribution in [0.15, 0.2) is 48.5 Å². The highest BCUT2D eigenvalue weighted by molar-refractivity contribution is 5.98. The Morgan fingerprint density at radius 1 is 1.00 bits per heavy atom. The van der Waals surface area contributed by atoms with Crippen molar-refractivity contribution in [3.63, 3.8) is 0 Å². The van der Waals surface area contributed by atoms with Gasteiger partial charge in [-0.05, 0) is 119 Å². The lowest BCUT2D eigenvalue weighted by Gasteiger charge is -2.34. The normalized spacial score (nSPS) is 21.1. The summed E-state index contributed by atoms with van der Waals surface area (Å²) in [6, 6.07) is 13.8. The van der Waals surface area contributed by atoms with Gasteiger partial charge in [0.05, 0.1) is 7.11 Å². The highest BCUT2D eigenvalue weighted by Gasteiger charge is 2.27. The molecule has 2 N–H and O–H groups in total. The van der Waals surface area contributed by atoms with Gasteiger partial charge >= 0.3 is 0 Å². The van der Waals surface area contributed by atoms with Gasteiger partial charge in [-0.1, -0.05) is 0 Å². The third-order valence-corrected chi connectivity index (χ3v) is 8.20. The number of H-pyrrole nitrogens is 1. The van der Waals surface area contributed by atoms with Crippen LogP contribution in [-0.2, 0) is 0 Å². The minimum atomic E-state index is -0.307. The van der Waals surface area contributed by atoms with E-state index < -0.39 is 0 Å². The number of aromatic nitrogens is 1. The predicted molar refractivity (Wildman–Crippen MR) is 143 cm³/mol. The summed E-state index contributed by atoms with van der Waals surface area (Å²) in [5.41, 5.74) is 2.14. The van der Waals surface area contributed by atoms with E-state index in [1.807, 2.05) is 24.3 Å². The molecule has 0 spiro atoms. The van der Waals surface area contributed by atoms with Crippen LogP contribution in [0.25, 0.3) is 10.9 Å². The number of hydrogen-bond acceptors (Lipinski definition) is 4. The summed E-state index contributed by atoms with van der Waals surface area (Å²) >= 11 is 0. The lowest BCUT2D eigenvalue weighted by Crippen LogP contribution is -2.39. The number of ketones is 1. The molecular formula is C30H36FN3O3. The zero-order valence-corrected chi connectivity index (χ0v) is 21.5. The average molecular weight is 506 g/mol. The molecule has 1 saturated heterocycles. The Bertz CT molecular complexity index is 1220. The molecule has 1 aliphatic carbocycles. The number of nitrogens with zero attached hydrogens (tertiary/aromatic N) is 1. The number of fused-ring (bicyclic) bond motifs is 1. The first-order chi connectivity index (χ1) is 18.0. The number of methoxy groups -OCH3 is 1. The zero-order valence-electron chi connectivity index (χ0n) is 21.5. The topological polar surface area (TPSA) is 74.4 Å². The van der Waals surface area contributed by atoms with E-state index in [1.165, 1.54) is 18.6 Å². The maximum Gasteiger partial charge on any atom is 0.267 e.